The molecule has 0 saturated heterocycles. The number of halogens is 2. The minimum atomic E-state index is 0. The molecular weight excluding hydrogens is 374 g/mol. The van der Waals surface area contributed by atoms with Gasteiger partial charge < -0.3 is 17.0 Å². The Labute approximate surface area is 131 Å². The third-order valence-electron chi connectivity index (χ3n) is 3.31. The van der Waals surface area contributed by atoms with Crippen LogP contribution in [0.25, 0.3) is 11.3 Å². The molecule has 0 amide bonds. The van der Waals surface area contributed by atoms with Crippen molar-refractivity contribution in [2.75, 3.05) is 0 Å². The predicted octanol–water partition coefficient (Wildman–Crippen LogP) is 1.20. The van der Waals surface area contributed by atoms with Gasteiger partial charge in [-0.25, -0.2) is 0 Å². The van der Waals surface area contributed by atoms with Gasteiger partial charge in [0, 0.05) is 22.9 Å². The fraction of sp³-hybridized carbons (Fsp3) is 0.357. The van der Waals surface area contributed by atoms with Crippen LogP contribution in [0, 0.1) is 0 Å². The molecule has 96 valence electrons. The number of aromatic nitrogens is 1. The number of rotatable bonds is 1. The molecule has 0 unspecified atom stereocenters. The highest BCUT2D eigenvalue weighted by Gasteiger charge is 2.22. The van der Waals surface area contributed by atoms with Gasteiger partial charge in [0.05, 0.1) is 5.38 Å². The van der Waals surface area contributed by atoms with E-state index in [4.69, 9.17) is 0 Å². The first-order valence-corrected chi connectivity index (χ1v) is 7.78. The maximum absolute atomic E-state index is 3.49. The Morgan fingerprint density at radius 1 is 1.06 bits per heavy atom. The molecule has 4 heteroatoms. The van der Waals surface area contributed by atoms with Crippen molar-refractivity contribution in [3.8, 4) is 11.3 Å². The number of benzene rings is 1. The van der Waals surface area contributed by atoms with E-state index in [0.717, 1.165) is 4.47 Å². The second-order valence-electron chi connectivity index (χ2n) is 4.48. The van der Waals surface area contributed by atoms with Crippen molar-refractivity contribution >= 4 is 27.3 Å². The van der Waals surface area contributed by atoms with Gasteiger partial charge in [0.1, 0.15) is 6.54 Å². The summed E-state index contributed by atoms with van der Waals surface area (Å²) in [7, 11) is 0. The second-order valence-corrected chi connectivity index (χ2v) is 6.34. The summed E-state index contributed by atoms with van der Waals surface area (Å²) in [5, 5.41) is 3.85. The molecule has 0 fully saturated rings. The van der Waals surface area contributed by atoms with E-state index in [-0.39, 0.29) is 17.0 Å². The molecule has 1 aromatic heterocycles. The topological polar surface area (TPSA) is 3.88 Å². The molecule has 1 aliphatic rings. The first-order valence-electron chi connectivity index (χ1n) is 6.11. The Morgan fingerprint density at radius 3 is 2.61 bits per heavy atom. The summed E-state index contributed by atoms with van der Waals surface area (Å²) in [5.41, 5.74) is 2.72. The van der Waals surface area contributed by atoms with Crippen molar-refractivity contribution in [3.63, 3.8) is 0 Å². The molecule has 0 N–H and O–H groups in total. The highest BCUT2D eigenvalue weighted by molar-refractivity contribution is 9.10. The van der Waals surface area contributed by atoms with Crippen LogP contribution >= 0.6 is 27.3 Å². The average molecular weight is 389 g/mol. The van der Waals surface area contributed by atoms with Crippen molar-refractivity contribution in [1.82, 2.24) is 0 Å². The molecule has 2 aromatic rings. The number of aryl methyl sites for hydroxylation is 1. The summed E-state index contributed by atoms with van der Waals surface area (Å²) < 4.78 is 3.66. The molecule has 2 heterocycles. The van der Waals surface area contributed by atoms with Crippen LogP contribution in [-0.4, -0.2) is 0 Å². The lowest BCUT2D eigenvalue weighted by Gasteiger charge is -1.99. The molecule has 18 heavy (non-hydrogen) atoms. The smallest absolute Gasteiger partial charge is 0.237 e. The van der Waals surface area contributed by atoms with E-state index in [1.54, 1.807) is 5.01 Å². The molecule has 1 nitrogen and oxygen atoms in total. The van der Waals surface area contributed by atoms with E-state index < -0.39 is 0 Å². The lowest BCUT2D eigenvalue weighted by Crippen LogP contribution is -3.00. The first kappa shape index (κ1) is 14.2. The fourth-order valence-corrected chi connectivity index (χ4v) is 3.75. The summed E-state index contributed by atoms with van der Waals surface area (Å²) in [5.74, 6) is 0. The SMILES string of the molecule is Brc1ccc(-c2csc3[n+]2CCCCC3)cc1.[Br-]. The predicted molar refractivity (Wildman–Crippen MR) is 75.2 cm³/mol. The van der Waals surface area contributed by atoms with Crippen LogP contribution in [0.3, 0.4) is 0 Å². The van der Waals surface area contributed by atoms with Crippen LogP contribution in [0.15, 0.2) is 34.1 Å². The minimum Gasteiger partial charge on any atom is -1.00 e. The van der Waals surface area contributed by atoms with Crippen LogP contribution < -0.4 is 21.5 Å². The molecule has 1 aliphatic heterocycles. The summed E-state index contributed by atoms with van der Waals surface area (Å²) in [6.45, 7) is 1.18. The number of hydrogen-bond donors (Lipinski definition) is 0. The molecule has 0 saturated carbocycles. The molecule has 0 bridgehead atoms. The van der Waals surface area contributed by atoms with Crippen molar-refractivity contribution in [2.45, 2.75) is 32.2 Å². The normalized spacial score (nSPS) is 14.5. The Balaban J connectivity index is 0.00000120. The molecular formula is C14H15Br2NS. The number of nitrogens with zero attached hydrogens (tertiary/aromatic N) is 1. The first-order chi connectivity index (χ1) is 8.34. The van der Waals surface area contributed by atoms with Crippen molar-refractivity contribution in [3.05, 3.63) is 39.1 Å². The van der Waals surface area contributed by atoms with E-state index in [0.29, 0.717) is 0 Å². The lowest BCUT2D eigenvalue weighted by molar-refractivity contribution is -0.687. The number of hydrogen-bond acceptors (Lipinski definition) is 1. The molecule has 0 radical (unpaired) electrons. The fourth-order valence-electron chi connectivity index (χ4n) is 2.39. The molecule has 3 rings (SSSR count). The summed E-state index contributed by atoms with van der Waals surface area (Å²) in [6, 6.07) is 8.64. The quantitative estimate of drug-likeness (QED) is 0.646. The van der Waals surface area contributed by atoms with Gasteiger partial charge >= 0.3 is 0 Å². The number of fused-ring (bicyclic) bond motifs is 1. The highest BCUT2D eigenvalue weighted by atomic mass is 79.9. The van der Waals surface area contributed by atoms with Crippen molar-refractivity contribution in [2.24, 2.45) is 0 Å². The average Bonchev–Trinajstić information content (AvgIpc) is 2.60. The third kappa shape index (κ3) is 2.86. The van der Waals surface area contributed by atoms with Gasteiger partial charge in [-0.3, -0.25) is 0 Å². The minimum absolute atomic E-state index is 0. The largest absolute Gasteiger partial charge is 1.00 e. The van der Waals surface area contributed by atoms with Crippen LogP contribution in [-0.2, 0) is 13.0 Å². The Kier molecular flexibility index (Phi) is 4.98. The van der Waals surface area contributed by atoms with Gasteiger partial charge in [-0.15, -0.1) is 0 Å². The van der Waals surface area contributed by atoms with Crippen LogP contribution in [0.2, 0.25) is 0 Å². The number of thiazole rings is 1. The zero-order chi connectivity index (χ0) is 11.7. The van der Waals surface area contributed by atoms with Gasteiger partial charge in [-0.05, 0) is 37.1 Å². The second kappa shape index (κ2) is 6.31. The maximum atomic E-state index is 3.49. The standard InChI is InChI=1S/C14H15BrNS.BrH/c15-12-7-5-11(6-8-12)13-10-17-14-4-2-1-3-9-16(13)14;/h5-8,10H,1-4,9H2;1H/q+1;/p-1. The Morgan fingerprint density at radius 2 is 1.83 bits per heavy atom. The van der Waals surface area contributed by atoms with Gasteiger partial charge in [-0.1, -0.05) is 27.3 Å². The van der Waals surface area contributed by atoms with Crippen LogP contribution in [0.5, 0.6) is 0 Å². The van der Waals surface area contributed by atoms with Gasteiger partial charge in [0.25, 0.3) is 0 Å². The van der Waals surface area contributed by atoms with Crippen LogP contribution in [0.1, 0.15) is 24.3 Å². The Bertz CT molecular complexity index is 519. The zero-order valence-corrected chi connectivity index (χ0v) is 14.0. The van der Waals surface area contributed by atoms with Crippen molar-refractivity contribution < 1.29 is 21.5 Å². The molecule has 0 atom stereocenters. The zero-order valence-electron chi connectivity index (χ0n) is 10.0. The van der Waals surface area contributed by atoms with Crippen LogP contribution in [0.4, 0.5) is 0 Å². The highest BCUT2D eigenvalue weighted by Crippen LogP contribution is 2.24. The van der Waals surface area contributed by atoms with Crippen molar-refractivity contribution in [1.29, 1.82) is 0 Å². The molecule has 0 spiro atoms. The van der Waals surface area contributed by atoms with E-state index in [9.17, 15) is 0 Å². The van der Waals surface area contributed by atoms with Gasteiger partial charge in [0.2, 0.25) is 10.7 Å². The summed E-state index contributed by atoms with van der Waals surface area (Å²) >= 11 is 5.41. The third-order valence-corrected chi connectivity index (χ3v) is 4.88. The lowest BCUT2D eigenvalue weighted by atomic mass is 10.2. The summed E-state index contributed by atoms with van der Waals surface area (Å²) in [4.78, 5) is 0. The Hall–Kier alpha value is -0.190. The summed E-state index contributed by atoms with van der Waals surface area (Å²) in [6.07, 6.45) is 5.29. The van der Waals surface area contributed by atoms with E-state index in [1.165, 1.54) is 43.5 Å². The molecule has 1 aromatic carbocycles. The van der Waals surface area contributed by atoms with Gasteiger partial charge in [0.15, 0.2) is 0 Å². The van der Waals surface area contributed by atoms with E-state index in [1.807, 2.05) is 11.3 Å². The van der Waals surface area contributed by atoms with Gasteiger partial charge in [-0.2, -0.15) is 4.57 Å². The van der Waals surface area contributed by atoms with E-state index >= 15 is 0 Å². The van der Waals surface area contributed by atoms with E-state index in [2.05, 4.69) is 50.1 Å². The molecule has 0 aliphatic carbocycles. The maximum Gasteiger partial charge on any atom is 0.237 e. The monoisotopic (exact) mass is 387 g/mol.